The molecule has 0 aliphatic heterocycles. The average Bonchev–Trinajstić information content (AvgIpc) is 2.86. The zero-order valence-electron chi connectivity index (χ0n) is 16.1. The molecular weight excluding hydrogens is 347 g/mol. The molecule has 6 atom stereocenters. The molecule has 0 aromatic carbocycles. The zero-order chi connectivity index (χ0) is 19.8. The van der Waals surface area contributed by atoms with Crippen molar-refractivity contribution in [3.8, 4) is 0 Å². The maximum absolute atomic E-state index is 16.8. The van der Waals surface area contributed by atoms with Gasteiger partial charge in [0.15, 0.2) is 17.2 Å². The molecular formula is C22H27FO4. The molecule has 0 heterocycles. The number of fused-ring (bicyclic) bond motifs is 5. The van der Waals surface area contributed by atoms with Crippen LogP contribution in [0.15, 0.2) is 34.9 Å². The molecule has 0 spiro atoms. The van der Waals surface area contributed by atoms with Gasteiger partial charge in [0.1, 0.15) is 6.61 Å². The van der Waals surface area contributed by atoms with Crippen molar-refractivity contribution in [2.45, 2.75) is 58.2 Å². The molecule has 4 aliphatic rings. The standard InChI is InChI=1S/C22H27FO4/c1-12-8-16-15-5-4-13-9-14(25)6-7-21(13,3)22(15,23)18(27)10-20(16,2)19(12)17(26)11-24/h6-7,9,15-16,18,24,27H,4-5,8,10-11H2,1-3H3/t15-,16-,18-,20-,21-,22-/m0/s1. The van der Waals surface area contributed by atoms with E-state index in [0.29, 0.717) is 24.8 Å². The van der Waals surface area contributed by atoms with Gasteiger partial charge in [-0.25, -0.2) is 4.39 Å². The second kappa shape index (κ2) is 5.71. The second-order valence-corrected chi connectivity index (χ2v) is 9.21. The van der Waals surface area contributed by atoms with E-state index in [2.05, 4.69) is 0 Å². The predicted octanol–water partition coefficient (Wildman–Crippen LogP) is 2.85. The Kier molecular flexibility index (Phi) is 3.97. The van der Waals surface area contributed by atoms with Crippen LogP contribution in [0.2, 0.25) is 0 Å². The Morgan fingerprint density at radius 2 is 2.04 bits per heavy atom. The third-order valence-electron chi connectivity index (χ3n) is 7.98. The van der Waals surface area contributed by atoms with Crippen LogP contribution < -0.4 is 0 Å². The second-order valence-electron chi connectivity index (χ2n) is 9.21. The van der Waals surface area contributed by atoms with Crippen molar-refractivity contribution in [3.05, 3.63) is 34.9 Å². The number of carbonyl (C=O) groups is 2. The van der Waals surface area contributed by atoms with Crippen molar-refractivity contribution >= 4 is 11.6 Å². The van der Waals surface area contributed by atoms with Crippen LogP contribution in [0.5, 0.6) is 0 Å². The minimum Gasteiger partial charge on any atom is -0.390 e. The molecule has 27 heavy (non-hydrogen) atoms. The van der Waals surface area contributed by atoms with Gasteiger partial charge < -0.3 is 10.2 Å². The zero-order valence-corrected chi connectivity index (χ0v) is 16.1. The molecule has 4 rings (SSSR count). The SMILES string of the molecule is CC1=C(C(=O)CO)[C@@]2(C)C[C@H](O)[C@@]3(F)[C@@H](CCC4=CC(=O)C=C[C@@]43C)[C@@H]2C1. The minimum absolute atomic E-state index is 0.0965. The maximum atomic E-state index is 16.8. The monoisotopic (exact) mass is 374 g/mol. The summed E-state index contributed by atoms with van der Waals surface area (Å²) in [6.45, 7) is 5.04. The first-order chi connectivity index (χ1) is 12.6. The molecule has 0 saturated heterocycles. The Morgan fingerprint density at radius 3 is 2.70 bits per heavy atom. The van der Waals surface area contributed by atoms with E-state index in [0.717, 1.165) is 11.1 Å². The van der Waals surface area contributed by atoms with Gasteiger partial charge in [0.2, 0.25) is 0 Å². The van der Waals surface area contributed by atoms with Gasteiger partial charge in [-0.3, -0.25) is 9.59 Å². The number of alkyl halides is 1. The Balaban J connectivity index is 1.82. The lowest BCUT2D eigenvalue weighted by Gasteiger charge is -2.61. The molecule has 0 aromatic rings. The first-order valence-electron chi connectivity index (χ1n) is 9.75. The van der Waals surface area contributed by atoms with Crippen LogP contribution in [-0.2, 0) is 9.59 Å². The summed E-state index contributed by atoms with van der Waals surface area (Å²) >= 11 is 0. The normalized spacial score (nSPS) is 45.9. The highest BCUT2D eigenvalue weighted by Gasteiger charge is 2.70. The van der Waals surface area contributed by atoms with Crippen molar-refractivity contribution in [2.75, 3.05) is 6.61 Å². The van der Waals surface area contributed by atoms with Crippen LogP contribution in [-0.4, -0.2) is 40.2 Å². The fourth-order valence-corrected chi connectivity index (χ4v) is 6.78. The fraction of sp³-hybridized carbons (Fsp3) is 0.636. The predicted molar refractivity (Wildman–Crippen MR) is 98.5 cm³/mol. The lowest BCUT2D eigenvalue weighted by molar-refractivity contribution is -0.185. The van der Waals surface area contributed by atoms with E-state index in [1.165, 1.54) is 12.2 Å². The van der Waals surface area contributed by atoms with Crippen molar-refractivity contribution in [1.82, 2.24) is 0 Å². The van der Waals surface area contributed by atoms with E-state index in [9.17, 15) is 19.8 Å². The molecule has 2 fully saturated rings. The van der Waals surface area contributed by atoms with Crippen molar-refractivity contribution in [1.29, 1.82) is 0 Å². The first-order valence-corrected chi connectivity index (χ1v) is 9.75. The fourth-order valence-electron chi connectivity index (χ4n) is 6.78. The Bertz CT molecular complexity index is 824. The topological polar surface area (TPSA) is 74.6 Å². The number of hydrogen-bond acceptors (Lipinski definition) is 4. The number of ketones is 2. The highest BCUT2D eigenvalue weighted by Crippen LogP contribution is 2.68. The minimum atomic E-state index is -1.88. The van der Waals surface area contributed by atoms with Crippen LogP contribution in [0.4, 0.5) is 4.39 Å². The molecule has 4 aliphatic carbocycles. The van der Waals surface area contributed by atoms with Crippen molar-refractivity contribution < 1.29 is 24.2 Å². The number of rotatable bonds is 2. The molecule has 5 heteroatoms. The lowest BCUT2D eigenvalue weighted by Crippen LogP contribution is -2.66. The number of hydrogen-bond donors (Lipinski definition) is 2. The Morgan fingerprint density at radius 1 is 1.33 bits per heavy atom. The first kappa shape index (κ1) is 18.8. The third-order valence-corrected chi connectivity index (χ3v) is 7.98. The van der Waals surface area contributed by atoms with Crippen LogP contribution in [0.25, 0.3) is 0 Å². The number of aliphatic hydroxyl groups is 2. The molecule has 0 amide bonds. The number of carbonyl (C=O) groups excluding carboxylic acids is 2. The summed E-state index contributed by atoms with van der Waals surface area (Å²) in [6.07, 6.45) is 5.24. The molecule has 2 N–H and O–H groups in total. The molecule has 146 valence electrons. The number of halogens is 1. The lowest BCUT2D eigenvalue weighted by atomic mass is 9.45. The summed E-state index contributed by atoms with van der Waals surface area (Å²) in [4.78, 5) is 24.2. The van der Waals surface area contributed by atoms with Gasteiger partial charge in [0.25, 0.3) is 0 Å². The largest absolute Gasteiger partial charge is 0.390 e. The van der Waals surface area contributed by atoms with E-state index in [4.69, 9.17) is 0 Å². The number of allylic oxidation sites excluding steroid dienone is 5. The highest BCUT2D eigenvalue weighted by molar-refractivity contribution is 6.01. The molecule has 0 radical (unpaired) electrons. The molecule has 2 saturated carbocycles. The van der Waals surface area contributed by atoms with E-state index in [1.807, 2.05) is 13.8 Å². The van der Waals surface area contributed by atoms with Gasteiger partial charge in [-0.2, -0.15) is 0 Å². The van der Waals surface area contributed by atoms with Gasteiger partial charge in [-0.05, 0) is 57.6 Å². The highest BCUT2D eigenvalue weighted by atomic mass is 19.1. The third kappa shape index (κ3) is 2.16. The summed E-state index contributed by atoms with van der Waals surface area (Å²) in [7, 11) is 0. The Labute approximate surface area is 158 Å². The smallest absolute Gasteiger partial charge is 0.184 e. The van der Waals surface area contributed by atoms with E-state index < -0.39 is 35.1 Å². The molecule has 0 unspecified atom stereocenters. The van der Waals surface area contributed by atoms with Crippen molar-refractivity contribution in [2.24, 2.45) is 22.7 Å². The summed E-state index contributed by atoms with van der Waals surface area (Å²) in [5, 5.41) is 20.5. The summed E-state index contributed by atoms with van der Waals surface area (Å²) in [5.41, 5.74) is -1.28. The van der Waals surface area contributed by atoms with Crippen LogP contribution in [0, 0.1) is 22.7 Å². The summed E-state index contributed by atoms with van der Waals surface area (Å²) < 4.78 is 16.8. The van der Waals surface area contributed by atoms with Gasteiger partial charge in [-0.15, -0.1) is 0 Å². The molecule has 0 aromatic heterocycles. The quantitative estimate of drug-likeness (QED) is 0.779. The molecule has 0 bridgehead atoms. The van der Waals surface area contributed by atoms with Gasteiger partial charge in [0, 0.05) is 22.3 Å². The summed E-state index contributed by atoms with van der Waals surface area (Å²) in [5.74, 6) is -0.957. The number of aliphatic hydroxyl groups excluding tert-OH is 2. The van der Waals surface area contributed by atoms with E-state index in [-0.39, 0.29) is 23.9 Å². The van der Waals surface area contributed by atoms with Gasteiger partial charge in [0.05, 0.1) is 6.10 Å². The van der Waals surface area contributed by atoms with Gasteiger partial charge in [-0.1, -0.05) is 24.1 Å². The summed E-state index contributed by atoms with van der Waals surface area (Å²) in [6, 6.07) is 0. The Hall–Kier alpha value is -1.59. The number of Topliss-reactive ketones (excluding diaryl/α,β-unsaturated/α-hetero) is 1. The van der Waals surface area contributed by atoms with Crippen LogP contribution in [0.1, 0.15) is 46.5 Å². The van der Waals surface area contributed by atoms with Crippen molar-refractivity contribution in [3.63, 3.8) is 0 Å². The van der Waals surface area contributed by atoms with Crippen LogP contribution in [0.3, 0.4) is 0 Å². The average molecular weight is 374 g/mol. The maximum Gasteiger partial charge on any atom is 0.184 e. The van der Waals surface area contributed by atoms with Gasteiger partial charge >= 0.3 is 0 Å². The van der Waals surface area contributed by atoms with Crippen LogP contribution >= 0.6 is 0 Å². The van der Waals surface area contributed by atoms with E-state index in [1.54, 1.807) is 13.0 Å². The molecule has 4 nitrogen and oxygen atoms in total. The van der Waals surface area contributed by atoms with E-state index >= 15 is 4.39 Å².